The van der Waals surface area contributed by atoms with E-state index in [9.17, 15) is 0 Å². The maximum Gasteiger partial charge on any atom is 0.108 e. The van der Waals surface area contributed by atoms with Gasteiger partial charge in [0, 0.05) is 19.1 Å². The monoisotopic (exact) mass is 127 g/mol. The Morgan fingerprint density at radius 1 is 1.78 bits per heavy atom. The first-order valence-corrected chi connectivity index (χ1v) is 3.04. The summed E-state index contributed by atoms with van der Waals surface area (Å²) in [6, 6.07) is 0.470. The maximum atomic E-state index is 4.88. The molecule has 4 heteroatoms. The molecule has 0 aromatic carbocycles. The van der Waals surface area contributed by atoms with E-state index in [1.165, 1.54) is 6.34 Å². The van der Waals surface area contributed by atoms with Crippen LogP contribution in [0.15, 0.2) is 5.10 Å². The van der Waals surface area contributed by atoms with Crippen LogP contribution in [-0.2, 0) is 0 Å². The van der Waals surface area contributed by atoms with Crippen LogP contribution in [0.2, 0.25) is 0 Å². The summed E-state index contributed by atoms with van der Waals surface area (Å²) in [5.41, 5.74) is 0. The summed E-state index contributed by atoms with van der Waals surface area (Å²) in [6.07, 6.45) is 2.62. The molecular formula is C5H11N4. The van der Waals surface area contributed by atoms with Gasteiger partial charge in [-0.3, -0.25) is 0 Å². The Labute approximate surface area is 54.5 Å². The summed E-state index contributed by atoms with van der Waals surface area (Å²) < 4.78 is 0. The summed E-state index contributed by atoms with van der Waals surface area (Å²) in [6.45, 7) is 1.86. The van der Waals surface area contributed by atoms with Gasteiger partial charge in [0.05, 0.1) is 0 Å². The maximum absolute atomic E-state index is 4.88. The molecule has 0 aromatic rings. The topological polar surface area (TPSA) is 64.5 Å². The van der Waals surface area contributed by atoms with Gasteiger partial charge in [-0.1, -0.05) is 0 Å². The van der Waals surface area contributed by atoms with E-state index in [-0.39, 0.29) is 0 Å². The van der Waals surface area contributed by atoms with Gasteiger partial charge in [-0.05, 0) is 6.42 Å². The molecule has 1 heterocycles. The third-order valence-corrected chi connectivity index (χ3v) is 1.37. The highest BCUT2D eigenvalue weighted by atomic mass is 15.2. The van der Waals surface area contributed by atoms with Crippen molar-refractivity contribution in [1.29, 1.82) is 0 Å². The lowest BCUT2D eigenvalue weighted by molar-refractivity contribution is 0.668. The van der Waals surface area contributed by atoms with Crippen LogP contribution in [-0.4, -0.2) is 25.5 Å². The molecule has 1 unspecified atom stereocenters. The zero-order valence-electron chi connectivity index (χ0n) is 5.25. The van der Waals surface area contributed by atoms with Crippen molar-refractivity contribution in [3.63, 3.8) is 0 Å². The second-order valence-electron chi connectivity index (χ2n) is 2.06. The molecule has 9 heavy (non-hydrogen) atoms. The Bertz CT molecular complexity index is 95.1. The number of hydrogen-bond acceptors (Lipinski definition) is 2. The SMILES string of the molecule is NN=CNC1CC[N]C1. The second kappa shape index (κ2) is 3.29. The summed E-state index contributed by atoms with van der Waals surface area (Å²) in [4.78, 5) is 0. The van der Waals surface area contributed by atoms with Crippen molar-refractivity contribution in [1.82, 2.24) is 10.6 Å². The number of nitrogens with one attached hydrogen (secondary N) is 1. The molecule has 51 valence electrons. The highest BCUT2D eigenvalue weighted by molar-refractivity contribution is 5.54. The summed E-state index contributed by atoms with van der Waals surface area (Å²) in [7, 11) is 0. The lowest BCUT2D eigenvalue weighted by Crippen LogP contribution is -2.28. The number of nitrogens with zero attached hydrogens (tertiary/aromatic N) is 2. The van der Waals surface area contributed by atoms with Crippen LogP contribution in [0, 0.1) is 0 Å². The van der Waals surface area contributed by atoms with Crippen molar-refractivity contribution in [3.8, 4) is 0 Å². The molecule has 0 amide bonds. The molecule has 1 atom stereocenters. The second-order valence-corrected chi connectivity index (χ2v) is 2.06. The molecule has 0 spiro atoms. The first kappa shape index (κ1) is 6.35. The first-order valence-electron chi connectivity index (χ1n) is 3.04. The molecule has 1 fully saturated rings. The number of nitrogens with two attached hydrogens (primary N) is 1. The average Bonchev–Trinajstić information content (AvgIpc) is 2.34. The number of hydrazone groups is 1. The van der Waals surface area contributed by atoms with E-state index in [4.69, 9.17) is 5.84 Å². The highest BCUT2D eigenvalue weighted by Gasteiger charge is 2.12. The zero-order chi connectivity index (χ0) is 6.53. The lowest BCUT2D eigenvalue weighted by Gasteiger charge is -2.04. The van der Waals surface area contributed by atoms with E-state index in [2.05, 4.69) is 15.7 Å². The zero-order valence-corrected chi connectivity index (χ0v) is 5.25. The highest BCUT2D eigenvalue weighted by Crippen LogP contribution is 1.96. The van der Waals surface area contributed by atoms with Crippen molar-refractivity contribution < 1.29 is 0 Å². The molecule has 4 nitrogen and oxygen atoms in total. The van der Waals surface area contributed by atoms with Crippen LogP contribution in [0.4, 0.5) is 0 Å². The molecule has 1 radical (unpaired) electrons. The van der Waals surface area contributed by atoms with Crippen LogP contribution in [0.5, 0.6) is 0 Å². The van der Waals surface area contributed by atoms with Gasteiger partial charge >= 0.3 is 0 Å². The van der Waals surface area contributed by atoms with E-state index < -0.39 is 0 Å². The van der Waals surface area contributed by atoms with Gasteiger partial charge in [-0.2, -0.15) is 5.10 Å². The predicted molar refractivity (Wildman–Crippen MR) is 36.1 cm³/mol. The Balaban J connectivity index is 2.11. The quantitative estimate of drug-likeness (QED) is 0.213. The van der Waals surface area contributed by atoms with E-state index in [0.717, 1.165) is 19.5 Å². The van der Waals surface area contributed by atoms with Gasteiger partial charge in [-0.25, -0.2) is 5.32 Å². The van der Waals surface area contributed by atoms with E-state index in [1.54, 1.807) is 0 Å². The fraction of sp³-hybridized carbons (Fsp3) is 0.800. The van der Waals surface area contributed by atoms with Gasteiger partial charge in [0.15, 0.2) is 0 Å². The minimum absolute atomic E-state index is 0.470. The normalized spacial score (nSPS) is 27.3. The van der Waals surface area contributed by atoms with Gasteiger partial charge in [0.1, 0.15) is 6.34 Å². The Morgan fingerprint density at radius 2 is 2.67 bits per heavy atom. The van der Waals surface area contributed by atoms with Crippen LogP contribution < -0.4 is 16.5 Å². The molecule has 1 rings (SSSR count). The summed E-state index contributed by atoms with van der Waals surface area (Å²) in [5.74, 6) is 4.88. The Kier molecular flexibility index (Phi) is 2.32. The summed E-state index contributed by atoms with van der Waals surface area (Å²) in [5, 5.41) is 10.5. The van der Waals surface area contributed by atoms with Crippen molar-refractivity contribution in [3.05, 3.63) is 0 Å². The van der Waals surface area contributed by atoms with Gasteiger partial charge < -0.3 is 11.2 Å². The van der Waals surface area contributed by atoms with Gasteiger partial charge in [0.2, 0.25) is 0 Å². The molecule has 1 saturated heterocycles. The minimum atomic E-state index is 0.470. The standard InChI is InChI=1S/C5H11N4/c6-9-4-8-5-1-2-7-3-5/h4-5H,1-3,6H2,(H,8,9). The van der Waals surface area contributed by atoms with Crippen LogP contribution >= 0.6 is 0 Å². The van der Waals surface area contributed by atoms with Crippen LogP contribution in [0.25, 0.3) is 0 Å². The molecule has 0 bridgehead atoms. The molecule has 0 saturated carbocycles. The average molecular weight is 127 g/mol. The predicted octanol–water partition coefficient (Wildman–Crippen LogP) is -1.15. The third-order valence-electron chi connectivity index (χ3n) is 1.37. The molecule has 0 aromatic heterocycles. The van der Waals surface area contributed by atoms with E-state index in [0.29, 0.717) is 6.04 Å². The molecule has 1 aliphatic heterocycles. The first-order chi connectivity index (χ1) is 4.43. The van der Waals surface area contributed by atoms with E-state index >= 15 is 0 Å². The molecule has 1 aliphatic rings. The largest absolute Gasteiger partial charge is 0.371 e. The number of rotatable bonds is 2. The van der Waals surface area contributed by atoms with E-state index in [1.807, 2.05) is 0 Å². The lowest BCUT2D eigenvalue weighted by atomic mass is 10.3. The molecular weight excluding hydrogens is 116 g/mol. The third kappa shape index (κ3) is 1.89. The number of hydrogen-bond donors (Lipinski definition) is 2. The van der Waals surface area contributed by atoms with Crippen molar-refractivity contribution in [2.24, 2.45) is 10.9 Å². The van der Waals surface area contributed by atoms with Gasteiger partial charge in [-0.15, -0.1) is 0 Å². The minimum Gasteiger partial charge on any atom is -0.371 e. The van der Waals surface area contributed by atoms with Crippen molar-refractivity contribution in [2.45, 2.75) is 12.5 Å². The van der Waals surface area contributed by atoms with Crippen molar-refractivity contribution >= 4 is 6.34 Å². The molecule has 0 aliphatic carbocycles. The summed E-state index contributed by atoms with van der Waals surface area (Å²) >= 11 is 0. The van der Waals surface area contributed by atoms with Crippen LogP contribution in [0.1, 0.15) is 6.42 Å². The van der Waals surface area contributed by atoms with Crippen molar-refractivity contribution in [2.75, 3.05) is 13.1 Å². The van der Waals surface area contributed by atoms with Gasteiger partial charge in [0.25, 0.3) is 0 Å². The fourth-order valence-electron chi connectivity index (χ4n) is 0.870. The van der Waals surface area contributed by atoms with Crippen LogP contribution in [0.3, 0.4) is 0 Å². The Hall–Kier alpha value is -0.770. The molecule has 3 N–H and O–H groups in total. The Morgan fingerprint density at radius 3 is 3.22 bits per heavy atom. The smallest absolute Gasteiger partial charge is 0.108 e. The fourth-order valence-corrected chi connectivity index (χ4v) is 0.870.